The van der Waals surface area contributed by atoms with E-state index < -0.39 is 0 Å². The molecule has 0 aromatic heterocycles. The number of benzene rings is 2. The van der Waals surface area contributed by atoms with Crippen LogP contribution in [0.4, 0.5) is 0 Å². The number of carbonyl (C=O) groups excluding carboxylic acids is 1. The molecular weight excluding hydrogens is 298 g/mol. The summed E-state index contributed by atoms with van der Waals surface area (Å²) in [4.78, 5) is 11.7. The number of hydrogen-bond acceptors (Lipinski definition) is 2. The van der Waals surface area contributed by atoms with E-state index in [0.29, 0.717) is 6.61 Å². The van der Waals surface area contributed by atoms with E-state index in [9.17, 15) is 4.79 Å². The van der Waals surface area contributed by atoms with Crippen LogP contribution in [0.15, 0.2) is 60.7 Å². The zero-order valence-electron chi connectivity index (χ0n) is 14.2. The van der Waals surface area contributed by atoms with Crippen molar-refractivity contribution in [3.63, 3.8) is 0 Å². The molecule has 2 rings (SSSR count). The molecule has 0 aliphatic carbocycles. The Morgan fingerprint density at radius 1 is 1.08 bits per heavy atom. The van der Waals surface area contributed by atoms with Crippen LogP contribution < -0.4 is 10.1 Å². The molecule has 1 N–H and O–H groups in total. The van der Waals surface area contributed by atoms with Gasteiger partial charge in [0.05, 0.1) is 0 Å². The van der Waals surface area contributed by atoms with E-state index in [0.717, 1.165) is 42.7 Å². The van der Waals surface area contributed by atoms with E-state index in [1.165, 1.54) is 0 Å². The van der Waals surface area contributed by atoms with E-state index >= 15 is 0 Å². The lowest BCUT2D eigenvalue weighted by Crippen LogP contribution is -2.21. The number of unbranched alkanes of at least 4 members (excludes halogenated alkanes) is 2. The van der Waals surface area contributed by atoms with Gasteiger partial charge in [-0.05, 0) is 35.8 Å². The molecule has 126 valence electrons. The summed E-state index contributed by atoms with van der Waals surface area (Å²) in [5, 5.41) is 2.89. The Balaban J connectivity index is 1.83. The molecule has 2 aromatic carbocycles. The Labute approximate surface area is 144 Å². The SMILES string of the molecule is CCCCCNC(=O)/C=C/c1cccc(OCc2ccccc2)c1. The van der Waals surface area contributed by atoms with Crippen LogP contribution in [0.3, 0.4) is 0 Å². The van der Waals surface area contributed by atoms with E-state index in [1.807, 2.05) is 60.7 Å². The molecule has 3 heteroatoms. The summed E-state index contributed by atoms with van der Waals surface area (Å²) in [7, 11) is 0. The summed E-state index contributed by atoms with van der Waals surface area (Å²) in [6, 6.07) is 17.8. The molecule has 0 fully saturated rings. The summed E-state index contributed by atoms with van der Waals surface area (Å²) in [6.07, 6.45) is 6.71. The molecule has 0 spiro atoms. The number of rotatable bonds is 9. The molecule has 0 saturated carbocycles. The predicted octanol–water partition coefficient (Wildman–Crippen LogP) is 4.59. The first-order valence-corrected chi connectivity index (χ1v) is 8.50. The average Bonchev–Trinajstić information content (AvgIpc) is 2.63. The van der Waals surface area contributed by atoms with Gasteiger partial charge in [-0.15, -0.1) is 0 Å². The Morgan fingerprint density at radius 3 is 2.71 bits per heavy atom. The lowest BCUT2D eigenvalue weighted by Gasteiger charge is -2.07. The van der Waals surface area contributed by atoms with Crippen LogP contribution in [-0.2, 0) is 11.4 Å². The second-order valence-corrected chi connectivity index (χ2v) is 5.68. The fraction of sp³-hybridized carbons (Fsp3) is 0.286. The molecule has 0 saturated heterocycles. The highest BCUT2D eigenvalue weighted by Crippen LogP contribution is 2.16. The number of ether oxygens (including phenoxy) is 1. The normalized spacial score (nSPS) is 10.7. The highest BCUT2D eigenvalue weighted by molar-refractivity contribution is 5.91. The zero-order valence-corrected chi connectivity index (χ0v) is 14.2. The van der Waals surface area contributed by atoms with Crippen molar-refractivity contribution in [2.24, 2.45) is 0 Å². The summed E-state index contributed by atoms with van der Waals surface area (Å²) >= 11 is 0. The maximum Gasteiger partial charge on any atom is 0.243 e. The zero-order chi connectivity index (χ0) is 17.0. The number of amides is 1. The highest BCUT2D eigenvalue weighted by Gasteiger charge is 1.98. The Hall–Kier alpha value is -2.55. The van der Waals surface area contributed by atoms with Crippen LogP contribution in [0, 0.1) is 0 Å². The summed E-state index contributed by atoms with van der Waals surface area (Å²) in [5.41, 5.74) is 2.08. The lowest BCUT2D eigenvalue weighted by molar-refractivity contribution is -0.116. The molecule has 0 atom stereocenters. The maximum atomic E-state index is 11.7. The minimum atomic E-state index is -0.0540. The fourth-order valence-electron chi connectivity index (χ4n) is 2.27. The quantitative estimate of drug-likeness (QED) is 0.541. The van der Waals surface area contributed by atoms with Gasteiger partial charge >= 0.3 is 0 Å². The first kappa shape index (κ1) is 17.8. The number of hydrogen-bond donors (Lipinski definition) is 1. The Morgan fingerprint density at radius 2 is 1.92 bits per heavy atom. The van der Waals surface area contributed by atoms with E-state index in [1.54, 1.807) is 6.08 Å². The largest absolute Gasteiger partial charge is 0.489 e. The predicted molar refractivity (Wildman–Crippen MR) is 98.8 cm³/mol. The van der Waals surface area contributed by atoms with Crippen molar-refractivity contribution >= 4 is 12.0 Å². The standard InChI is InChI=1S/C21H25NO2/c1-2-3-7-15-22-21(23)14-13-18-11-8-12-20(16-18)24-17-19-9-5-4-6-10-19/h4-6,8-14,16H,2-3,7,15,17H2,1H3,(H,22,23)/b14-13+. The van der Waals surface area contributed by atoms with Crippen LogP contribution in [0.2, 0.25) is 0 Å². The highest BCUT2D eigenvalue weighted by atomic mass is 16.5. The van der Waals surface area contributed by atoms with E-state index in [2.05, 4.69) is 12.2 Å². The average molecular weight is 323 g/mol. The summed E-state index contributed by atoms with van der Waals surface area (Å²) < 4.78 is 5.80. The molecule has 24 heavy (non-hydrogen) atoms. The van der Waals surface area contributed by atoms with Crippen molar-refractivity contribution in [1.82, 2.24) is 5.32 Å². The first-order valence-electron chi connectivity index (χ1n) is 8.50. The fourth-order valence-corrected chi connectivity index (χ4v) is 2.27. The second-order valence-electron chi connectivity index (χ2n) is 5.68. The molecule has 2 aromatic rings. The van der Waals surface area contributed by atoms with Crippen LogP contribution in [0.1, 0.15) is 37.3 Å². The number of nitrogens with one attached hydrogen (secondary N) is 1. The van der Waals surface area contributed by atoms with Gasteiger partial charge in [-0.2, -0.15) is 0 Å². The molecule has 0 aliphatic heterocycles. The Kier molecular flexibility index (Phi) is 7.61. The van der Waals surface area contributed by atoms with Crippen LogP contribution in [-0.4, -0.2) is 12.5 Å². The third-order valence-electron chi connectivity index (χ3n) is 3.61. The monoisotopic (exact) mass is 323 g/mol. The van der Waals surface area contributed by atoms with Crippen molar-refractivity contribution in [2.75, 3.05) is 6.54 Å². The molecular formula is C21H25NO2. The van der Waals surface area contributed by atoms with Crippen molar-refractivity contribution in [3.05, 3.63) is 71.8 Å². The lowest BCUT2D eigenvalue weighted by atomic mass is 10.2. The molecule has 0 bridgehead atoms. The first-order chi connectivity index (χ1) is 11.8. The molecule has 0 heterocycles. The molecule has 1 amide bonds. The molecule has 3 nitrogen and oxygen atoms in total. The van der Waals surface area contributed by atoms with Gasteiger partial charge in [0.2, 0.25) is 5.91 Å². The van der Waals surface area contributed by atoms with Gasteiger partial charge in [0, 0.05) is 12.6 Å². The van der Waals surface area contributed by atoms with Gasteiger partial charge in [-0.3, -0.25) is 4.79 Å². The van der Waals surface area contributed by atoms with Gasteiger partial charge in [-0.1, -0.05) is 62.2 Å². The van der Waals surface area contributed by atoms with Gasteiger partial charge in [0.15, 0.2) is 0 Å². The minimum absolute atomic E-state index is 0.0540. The minimum Gasteiger partial charge on any atom is -0.489 e. The molecule has 0 aliphatic rings. The third-order valence-corrected chi connectivity index (χ3v) is 3.61. The summed E-state index contributed by atoms with van der Waals surface area (Å²) in [6.45, 7) is 3.41. The molecule has 0 radical (unpaired) electrons. The van der Waals surface area contributed by atoms with Crippen LogP contribution in [0.5, 0.6) is 5.75 Å². The van der Waals surface area contributed by atoms with Crippen LogP contribution in [0.25, 0.3) is 6.08 Å². The maximum absolute atomic E-state index is 11.7. The van der Waals surface area contributed by atoms with Gasteiger partial charge in [0.1, 0.15) is 12.4 Å². The smallest absolute Gasteiger partial charge is 0.243 e. The van der Waals surface area contributed by atoms with Crippen molar-refractivity contribution in [2.45, 2.75) is 32.8 Å². The van der Waals surface area contributed by atoms with Crippen molar-refractivity contribution in [3.8, 4) is 5.75 Å². The van der Waals surface area contributed by atoms with E-state index in [-0.39, 0.29) is 5.91 Å². The number of carbonyl (C=O) groups is 1. The van der Waals surface area contributed by atoms with Crippen LogP contribution >= 0.6 is 0 Å². The third kappa shape index (κ3) is 6.69. The van der Waals surface area contributed by atoms with Crippen molar-refractivity contribution in [1.29, 1.82) is 0 Å². The Bertz CT molecular complexity index is 650. The second kappa shape index (κ2) is 10.3. The van der Waals surface area contributed by atoms with Gasteiger partial charge in [0.25, 0.3) is 0 Å². The molecule has 0 unspecified atom stereocenters. The van der Waals surface area contributed by atoms with E-state index in [4.69, 9.17) is 4.74 Å². The topological polar surface area (TPSA) is 38.3 Å². The van der Waals surface area contributed by atoms with Crippen molar-refractivity contribution < 1.29 is 9.53 Å². The van der Waals surface area contributed by atoms with Gasteiger partial charge in [-0.25, -0.2) is 0 Å². The van der Waals surface area contributed by atoms with Gasteiger partial charge < -0.3 is 10.1 Å². The summed E-state index contributed by atoms with van der Waals surface area (Å²) in [5.74, 6) is 0.742.